The number of nitrogens with two attached hydrogens (primary N) is 1. The molecule has 4 N–H and O–H groups in total. The molecule has 0 spiro atoms. The van der Waals surface area contributed by atoms with E-state index in [1.54, 1.807) is 0 Å². The SMILES string of the molecule is Cc1ccccc1[C@H](C)NCCCCC(C)(C)/C(N)=N/O. The van der Waals surface area contributed by atoms with Crippen molar-refractivity contribution < 1.29 is 5.21 Å². The summed E-state index contributed by atoms with van der Waals surface area (Å²) in [5.41, 5.74) is 8.13. The van der Waals surface area contributed by atoms with E-state index in [1.807, 2.05) is 13.8 Å². The molecule has 1 aromatic carbocycles. The van der Waals surface area contributed by atoms with Crippen LogP contribution in [0.1, 0.15) is 57.2 Å². The third-order valence-corrected chi connectivity index (χ3v) is 4.14. The molecule has 0 aromatic heterocycles. The maximum Gasteiger partial charge on any atom is 0.144 e. The van der Waals surface area contributed by atoms with Gasteiger partial charge in [0, 0.05) is 11.5 Å². The lowest BCUT2D eigenvalue weighted by Gasteiger charge is -2.23. The van der Waals surface area contributed by atoms with E-state index < -0.39 is 0 Å². The molecule has 4 nitrogen and oxygen atoms in total. The zero-order valence-electron chi connectivity index (χ0n) is 13.7. The number of nitrogens with one attached hydrogen (secondary N) is 1. The topological polar surface area (TPSA) is 70.6 Å². The number of aryl methyl sites for hydroxylation is 1. The summed E-state index contributed by atoms with van der Waals surface area (Å²) in [6, 6.07) is 8.84. The largest absolute Gasteiger partial charge is 0.409 e. The van der Waals surface area contributed by atoms with E-state index in [-0.39, 0.29) is 5.41 Å². The molecule has 0 unspecified atom stereocenters. The normalized spacial score (nSPS) is 14.2. The van der Waals surface area contributed by atoms with Crippen LogP contribution in [0.25, 0.3) is 0 Å². The first-order valence-corrected chi connectivity index (χ1v) is 7.65. The number of nitrogens with zero attached hydrogens (tertiary/aromatic N) is 1. The van der Waals surface area contributed by atoms with Crippen molar-refractivity contribution in [2.45, 2.75) is 53.0 Å². The molecule has 0 heterocycles. The third-order valence-electron chi connectivity index (χ3n) is 4.14. The number of rotatable bonds is 8. The number of benzene rings is 1. The number of oxime groups is 1. The van der Waals surface area contributed by atoms with E-state index in [0.717, 1.165) is 25.8 Å². The highest BCUT2D eigenvalue weighted by atomic mass is 16.4. The molecule has 0 saturated carbocycles. The average Bonchev–Trinajstić information content (AvgIpc) is 2.46. The quantitative estimate of drug-likeness (QED) is 0.225. The first-order valence-electron chi connectivity index (χ1n) is 7.65. The van der Waals surface area contributed by atoms with E-state index >= 15 is 0 Å². The number of unbranched alkanes of at least 4 members (excludes halogenated alkanes) is 1. The van der Waals surface area contributed by atoms with E-state index in [1.165, 1.54) is 11.1 Å². The Bertz CT molecular complexity index is 469. The van der Waals surface area contributed by atoms with E-state index in [9.17, 15) is 0 Å². The molecule has 1 atom stereocenters. The smallest absolute Gasteiger partial charge is 0.144 e. The molecule has 0 fully saturated rings. The van der Waals surface area contributed by atoms with Gasteiger partial charge >= 0.3 is 0 Å². The summed E-state index contributed by atoms with van der Waals surface area (Å²) in [4.78, 5) is 0. The molecule has 0 bridgehead atoms. The predicted molar refractivity (Wildman–Crippen MR) is 88.6 cm³/mol. The number of hydrogen-bond donors (Lipinski definition) is 3. The summed E-state index contributed by atoms with van der Waals surface area (Å²) < 4.78 is 0. The van der Waals surface area contributed by atoms with Crippen molar-refractivity contribution in [1.82, 2.24) is 5.32 Å². The fraction of sp³-hybridized carbons (Fsp3) is 0.588. The first-order chi connectivity index (χ1) is 9.88. The molecule has 1 rings (SSSR count). The van der Waals surface area contributed by atoms with Gasteiger partial charge in [0.15, 0.2) is 0 Å². The zero-order chi connectivity index (χ0) is 15.9. The highest BCUT2D eigenvalue weighted by Gasteiger charge is 2.22. The monoisotopic (exact) mass is 291 g/mol. The highest BCUT2D eigenvalue weighted by Crippen LogP contribution is 2.23. The minimum absolute atomic E-state index is 0.240. The van der Waals surface area contributed by atoms with Crippen LogP contribution in [0, 0.1) is 12.3 Å². The van der Waals surface area contributed by atoms with Gasteiger partial charge in [-0.25, -0.2) is 0 Å². The number of hydrogen-bond acceptors (Lipinski definition) is 3. The maximum absolute atomic E-state index is 8.75. The second-order valence-electron chi connectivity index (χ2n) is 6.36. The Morgan fingerprint density at radius 1 is 1.33 bits per heavy atom. The van der Waals surface area contributed by atoms with Crippen LogP contribution < -0.4 is 11.1 Å². The highest BCUT2D eigenvalue weighted by molar-refractivity contribution is 5.85. The molecule has 0 amide bonds. The Hall–Kier alpha value is -1.55. The standard InChI is InChI=1S/C17H29N3O/c1-13-9-5-6-10-15(13)14(2)19-12-8-7-11-17(3,4)16(18)20-21/h5-6,9-10,14,19,21H,7-8,11-12H2,1-4H3,(H2,18,20)/t14-/m0/s1. The van der Waals surface area contributed by atoms with Crippen molar-refractivity contribution in [3.8, 4) is 0 Å². The second-order valence-corrected chi connectivity index (χ2v) is 6.36. The first kappa shape index (κ1) is 17.5. The molecular formula is C17H29N3O. The van der Waals surface area contributed by atoms with Crippen molar-refractivity contribution >= 4 is 5.84 Å². The molecule has 21 heavy (non-hydrogen) atoms. The summed E-state index contributed by atoms with van der Waals surface area (Å²) in [5, 5.41) is 15.4. The van der Waals surface area contributed by atoms with E-state index in [4.69, 9.17) is 10.9 Å². The van der Waals surface area contributed by atoms with Gasteiger partial charge in [-0.15, -0.1) is 0 Å². The van der Waals surface area contributed by atoms with Crippen LogP contribution in [-0.4, -0.2) is 17.6 Å². The van der Waals surface area contributed by atoms with Gasteiger partial charge in [0.2, 0.25) is 0 Å². The molecule has 118 valence electrons. The van der Waals surface area contributed by atoms with Crippen LogP contribution in [-0.2, 0) is 0 Å². The Morgan fingerprint density at radius 3 is 2.62 bits per heavy atom. The van der Waals surface area contributed by atoms with Crippen molar-refractivity contribution in [2.75, 3.05) is 6.54 Å². The molecule has 0 saturated heterocycles. The number of amidine groups is 1. The van der Waals surface area contributed by atoms with Gasteiger partial charge in [0.1, 0.15) is 5.84 Å². The van der Waals surface area contributed by atoms with Crippen molar-refractivity contribution in [1.29, 1.82) is 0 Å². The van der Waals surface area contributed by atoms with Crippen molar-refractivity contribution in [3.63, 3.8) is 0 Å². The summed E-state index contributed by atoms with van der Waals surface area (Å²) in [6.45, 7) is 9.33. The minimum atomic E-state index is -0.240. The van der Waals surface area contributed by atoms with E-state index in [0.29, 0.717) is 11.9 Å². The summed E-state index contributed by atoms with van der Waals surface area (Å²) >= 11 is 0. The van der Waals surface area contributed by atoms with Gasteiger partial charge < -0.3 is 16.3 Å². The van der Waals surface area contributed by atoms with Gasteiger partial charge in [0.25, 0.3) is 0 Å². The van der Waals surface area contributed by atoms with Gasteiger partial charge in [-0.3, -0.25) is 0 Å². The van der Waals surface area contributed by atoms with Crippen LogP contribution >= 0.6 is 0 Å². The molecule has 0 aliphatic rings. The van der Waals surface area contributed by atoms with Crippen LogP contribution in [0.15, 0.2) is 29.4 Å². The van der Waals surface area contributed by atoms with Gasteiger partial charge in [-0.1, -0.05) is 49.7 Å². The van der Waals surface area contributed by atoms with Crippen LogP contribution in [0.5, 0.6) is 0 Å². The molecule has 1 aromatic rings. The average molecular weight is 291 g/mol. The van der Waals surface area contributed by atoms with Crippen LogP contribution in [0.3, 0.4) is 0 Å². The maximum atomic E-state index is 8.75. The van der Waals surface area contributed by atoms with Gasteiger partial charge in [0.05, 0.1) is 0 Å². The third kappa shape index (κ3) is 5.38. The lowest BCUT2D eigenvalue weighted by atomic mass is 9.86. The van der Waals surface area contributed by atoms with Gasteiger partial charge in [-0.2, -0.15) is 0 Å². The predicted octanol–water partition coefficient (Wildman–Crippen LogP) is 3.59. The molecular weight excluding hydrogens is 262 g/mol. The lowest BCUT2D eigenvalue weighted by molar-refractivity contribution is 0.304. The summed E-state index contributed by atoms with van der Waals surface area (Å²) in [5.74, 6) is 0.309. The Kier molecular flexibility index (Phi) is 6.69. The molecule has 0 radical (unpaired) electrons. The Balaban J connectivity index is 2.31. The summed E-state index contributed by atoms with van der Waals surface area (Å²) in [7, 11) is 0. The fourth-order valence-electron chi connectivity index (χ4n) is 2.46. The minimum Gasteiger partial charge on any atom is -0.409 e. The van der Waals surface area contributed by atoms with E-state index in [2.05, 4.69) is 48.6 Å². The summed E-state index contributed by atoms with van der Waals surface area (Å²) in [6.07, 6.45) is 3.05. The second kappa shape index (κ2) is 8.03. The fourth-order valence-corrected chi connectivity index (χ4v) is 2.46. The lowest BCUT2D eigenvalue weighted by Crippen LogP contribution is -2.32. The molecule has 0 aliphatic carbocycles. The Morgan fingerprint density at radius 2 is 2.00 bits per heavy atom. The van der Waals surface area contributed by atoms with Crippen molar-refractivity contribution in [2.24, 2.45) is 16.3 Å². The molecule has 4 heteroatoms. The van der Waals surface area contributed by atoms with Crippen molar-refractivity contribution in [3.05, 3.63) is 35.4 Å². The van der Waals surface area contributed by atoms with Crippen LogP contribution in [0.2, 0.25) is 0 Å². The van der Waals surface area contributed by atoms with Gasteiger partial charge in [-0.05, 0) is 44.4 Å². The zero-order valence-corrected chi connectivity index (χ0v) is 13.7. The van der Waals surface area contributed by atoms with Crippen LogP contribution in [0.4, 0.5) is 0 Å². The molecule has 0 aliphatic heterocycles. The Labute approximate surface area is 128 Å².